The van der Waals surface area contributed by atoms with E-state index in [-0.39, 0.29) is 5.82 Å². The van der Waals surface area contributed by atoms with E-state index in [4.69, 9.17) is 0 Å². The number of pyridine rings is 1. The van der Waals surface area contributed by atoms with Gasteiger partial charge in [0.15, 0.2) is 0 Å². The number of hydrogen-bond donors (Lipinski definition) is 0. The normalized spacial score (nSPS) is 11.4. The molecule has 3 heteroatoms. The molecule has 2 aromatic rings. The summed E-state index contributed by atoms with van der Waals surface area (Å²) in [5, 5.41) is 4.08. The SMILES string of the molecule is CC(C)c1cnn2cc(F)ccc12. The van der Waals surface area contributed by atoms with Crippen LogP contribution < -0.4 is 0 Å². The summed E-state index contributed by atoms with van der Waals surface area (Å²) >= 11 is 0. The van der Waals surface area contributed by atoms with Gasteiger partial charge in [0.05, 0.1) is 17.9 Å². The molecule has 0 radical (unpaired) electrons. The van der Waals surface area contributed by atoms with Crippen molar-refractivity contribution in [2.75, 3.05) is 0 Å². The minimum absolute atomic E-state index is 0.258. The van der Waals surface area contributed by atoms with Crippen LogP contribution >= 0.6 is 0 Å². The molecule has 0 atom stereocenters. The molecule has 0 saturated heterocycles. The highest BCUT2D eigenvalue weighted by atomic mass is 19.1. The molecule has 0 amide bonds. The molecule has 2 heterocycles. The van der Waals surface area contributed by atoms with E-state index in [0.29, 0.717) is 5.92 Å². The van der Waals surface area contributed by atoms with Crippen LogP contribution in [0.5, 0.6) is 0 Å². The van der Waals surface area contributed by atoms with E-state index in [1.807, 2.05) is 0 Å². The van der Waals surface area contributed by atoms with E-state index in [2.05, 4.69) is 18.9 Å². The first kappa shape index (κ1) is 8.23. The van der Waals surface area contributed by atoms with E-state index < -0.39 is 0 Å². The van der Waals surface area contributed by atoms with Gasteiger partial charge in [-0.05, 0) is 18.1 Å². The van der Waals surface area contributed by atoms with Crippen LogP contribution in [-0.2, 0) is 0 Å². The maximum atomic E-state index is 12.8. The molecule has 0 spiro atoms. The van der Waals surface area contributed by atoms with Gasteiger partial charge in [-0.1, -0.05) is 13.8 Å². The van der Waals surface area contributed by atoms with Crippen molar-refractivity contribution in [2.45, 2.75) is 19.8 Å². The Morgan fingerprint density at radius 1 is 1.38 bits per heavy atom. The fourth-order valence-corrected chi connectivity index (χ4v) is 1.42. The van der Waals surface area contributed by atoms with Gasteiger partial charge in [-0.3, -0.25) is 0 Å². The molecule has 2 nitrogen and oxygen atoms in total. The summed E-state index contributed by atoms with van der Waals surface area (Å²) in [6, 6.07) is 3.22. The zero-order valence-electron chi connectivity index (χ0n) is 7.66. The van der Waals surface area contributed by atoms with Gasteiger partial charge in [-0.15, -0.1) is 0 Å². The van der Waals surface area contributed by atoms with Gasteiger partial charge in [-0.25, -0.2) is 8.91 Å². The zero-order valence-corrected chi connectivity index (χ0v) is 7.66. The number of halogens is 1. The second-order valence-electron chi connectivity index (χ2n) is 3.43. The average molecular weight is 178 g/mol. The lowest BCUT2D eigenvalue weighted by atomic mass is 10.1. The molecule has 2 rings (SSSR count). The van der Waals surface area contributed by atoms with Crippen molar-refractivity contribution in [3.63, 3.8) is 0 Å². The maximum Gasteiger partial charge on any atom is 0.141 e. The molecule has 0 fully saturated rings. The number of hydrogen-bond acceptors (Lipinski definition) is 1. The Morgan fingerprint density at radius 2 is 2.15 bits per heavy atom. The molecule has 0 aliphatic heterocycles. The third kappa shape index (κ3) is 1.30. The van der Waals surface area contributed by atoms with Crippen LogP contribution in [0.1, 0.15) is 25.3 Å². The summed E-state index contributed by atoms with van der Waals surface area (Å²) in [5.74, 6) is 0.161. The number of aromatic nitrogens is 2. The van der Waals surface area contributed by atoms with E-state index >= 15 is 0 Å². The predicted molar refractivity (Wildman–Crippen MR) is 49.2 cm³/mol. The Balaban J connectivity index is 2.69. The Bertz CT molecular complexity index is 431. The predicted octanol–water partition coefficient (Wildman–Crippen LogP) is 2.60. The number of nitrogens with zero attached hydrogens (tertiary/aromatic N) is 2. The summed E-state index contributed by atoms with van der Waals surface area (Å²) in [5.41, 5.74) is 2.14. The summed E-state index contributed by atoms with van der Waals surface area (Å²) in [6.07, 6.45) is 3.18. The highest BCUT2D eigenvalue weighted by molar-refractivity contribution is 5.54. The minimum atomic E-state index is -0.258. The lowest BCUT2D eigenvalue weighted by molar-refractivity contribution is 0.614. The first-order chi connectivity index (χ1) is 6.18. The van der Waals surface area contributed by atoms with Crippen LogP contribution in [0.2, 0.25) is 0 Å². The molecule has 0 N–H and O–H groups in total. The van der Waals surface area contributed by atoms with Gasteiger partial charge >= 0.3 is 0 Å². The summed E-state index contributed by atoms with van der Waals surface area (Å²) < 4.78 is 14.4. The molecule has 0 saturated carbocycles. The monoisotopic (exact) mass is 178 g/mol. The lowest BCUT2D eigenvalue weighted by Crippen LogP contribution is -1.89. The quantitative estimate of drug-likeness (QED) is 0.656. The third-order valence-corrected chi connectivity index (χ3v) is 2.13. The minimum Gasteiger partial charge on any atom is -0.238 e. The molecule has 0 aromatic carbocycles. The molecule has 0 aliphatic rings. The molecular formula is C10H11FN2. The van der Waals surface area contributed by atoms with Gasteiger partial charge in [0.1, 0.15) is 5.82 Å². The van der Waals surface area contributed by atoms with E-state index in [1.165, 1.54) is 12.3 Å². The Labute approximate surface area is 76.0 Å². The second-order valence-corrected chi connectivity index (χ2v) is 3.43. The van der Waals surface area contributed by atoms with Crippen molar-refractivity contribution in [2.24, 2.45) is 0 Å². The fraction of sp³-hybridized carbons (Fsp3) is 0.300. The summed E-state index contributed by atoms with van der Waals surface area (Å²) in [6.45, 7) is 4.20. The van der Waals surface area contributed by atoms with Crippen LogP contribution in [0.25, 0.3) is 5.52 Å². The molecule has 13 heavy (non-hydrogen) atoms. The van der Waals surface area contributed by atoms with Crippen LogP contribution in [-0.4, -0.2) is 9.61 Å². The van der Waals surface area contributed by atoms with Crippen molar-refractivity contribution in [1.82, 2.24) is 9.61 Å². The zero-order chi connectivity index (χ0) is 9.42. The Kier molecular flexibility index (Phi) is 1.79. The van der Waals surface area contributed by atoms with Gasteiger partial charge in [0.25, 0.3) is 0 Å². The second kappa shape index (κ2) is 2.83. The third-order valence-electron chi connectivity index (χ3n) is 2.13. The highest BCUT2D eigenvalue weighted by Crippen LogP contribution is 2.19. The first-order valence-corrected chi connectivity index (χ1v) is 4.31. The average Bonchev–Trinajstić information content (AvgIpc) is 2.46. The smallest absolute Gasteiger partial charge is 0.141 e. The van der Waals surface area contributed by atoms with Crippen molar-refractivity contribution in [1.29, 1.82) is 0 Å². The maximum absolute atomic E-state index is 12.8. The van der Waals surface area contributed by atoms with Crippen molar-refractivity contribution >= 4 is 5.52 Å². The topological polar surface area (TPSA) is 17.3 Å². The summed E-state index contributed by atoms with van der Waals surface area (Å²) in [4.78, 5) is 0. The van der Waals surface area contributed by atoms with Crippen LogP contribution in [0, 0.1) is 5.82 Å². The molecular weight excluding hydrogens is 167 g/mol. The fourth-order valence-electron chi connectivity index (χ4n) is 1.42. The summed E-state index contributed by atoms with van der Waals surface area (Å²) in [7, 11) is 0. The van der Waals surface area contributed by atoms with Gasteiger partial charge in [-0.2, -0.15) is 5.10 Å². The van der Waals surface area contributed by atoms with E-state index in [1.54, 1.807) is 16.8 Å². The largest absolute Gasteiger partial charge is 0.238 e. The molecule has 0 unspecified atom stereocenters. The van der Waals surface area contributed by atoms with Gasteiger partial charge in [0, 0.05) is 5.56 Å². The van der Waals surface area contributed by atoms with Crippen LogP contribution in [0.15, 0.2) is 24.5 Å². The van der Waals surface area contributed by atoms with Crippen LogP contribution in [0.4, 0.5) is 4.39 Å². The lowest BCUT2D eigenvalue weighted by Gasteiger charge is -2.01. The number of fused-ring (bicyclic) bond motifs is 1. The highest BCUT2D eigenvalue weighted by Gasteiger charge is 2.07. The van der Waals surface area contributed by atoms with Crippen molar-refractivity contribution in [3.8, 4) is 0 Å². The molecule has 2 aromatic heterocycles. The molecule has 0 aliphatic carbocycles. The number of rotatable bonds is 1. The first-order valence-electron chi connectivity index (χ1n) is 4.31. The van der Waals surface area contributed by atoms with E-state index in [0.717, 1.165) is 11.1 Å². The van der Waals surface area contributed by atoms with Gasteiger partial charge in [0.2, 0.25) is 0 Å². The molecule has 68 valence electrons. The Hall–Kier alpha value is -1.38. The Morgan fingerprint density at radius 3 is 2.85 bits per heavy atom. The standard InChI is InChI=1S/C10H11FN2/c1-7(2)9-5-12-13-6-8(11)3-4-10(9)13/h3-7H,1-2H3. The van der Waals surface area contributed by atoms with Crippen molar-refractivity contribution in [3.05, 3.63) is 35.9 Å². The van der Waals surface area contributed by atoms with E-state index in [9.17, 15) is 4.39 Å². The van der Waals surface area contributed by atoms with Crippen LogP contribution in [0.3, 0.4) is 0 Å². The molecule has 0 bridgehead atoms. The van der Waals surface area contributed by atoms with Crippen molar-refractivity contribution < 1.29 is 4.39 Å². The van der Waals surface area contributed by atoms with Gasteiger partial charge < -0.3 is 0 Å².